The minimum atomic E-state index is -0.303. The summed E-state index contributed by atoms with van der Waals surface area (Å²) in [7, 11) is 0. The van der Waals surface area contributed by atoms with Crippen LogP contribution in [0.4, 0.5) is 0 Å². The van der Waals surface area contributed by atoms with E-state index in [1.54, 1.807) is 81.4 Å². The minimum Gasteiger partial charge on any atom is -0.472 e. The Morgan fingerprint density at radius 2 is 1.00 bits per heavy atom. The molecule has 225 valence electrons. The Morgan fingerprint density at radius 1 is 0.548 bits per heavy atom. The average Bonchev–Trinajstić information content (AvgIpc) is 2.86. The van der Waals surface area contributed by atoms with Crippen LogP contribution >= 0.6 is 0 Å². The molecule has 9 heteroatoms. The number of rotatable bonds is 6. The zero-order valence-corrected chi connectivity index (χ0v) is 34.4. The molecular weight excluding hydrogens is 759 g/mol. The SMILES string of the molecule is [CH2-]c1ccc(C(=O)OCC)cc1.[CH2-]c1cccc(C(=O)OCC)c1.[CH2-]c1ccccc1C(=O)OCC.[CH3-].[CH3-].[CH3-].[Y].[Y].[Y]. The molecule has 0 saturated carbocycles. The van der Waals surface area contributed by atoms with Gasteiger partial charge >= 0.3 is 11.9 Å². The number of ether oxygens (including phenoxy) is 3. The molecule has 3 rings (SSSR count). The normalized spacial score (nSPS) is 8.07. The molecule has 0 aliphatic rings. The third kappa shape index (κ3) is 21.6. The van der Waals surface area contributed by atoms with Gasteiger partial charge in [-0.15, -0.1) is 36.4 Å². The molecule has 0 aliphatic heterocycles. The van der Waals surface area contributed by atoms with Crippen molar-refractivity contribution < 1.29 is 127 Å². The topological polar surface area (TPSA) is 78.9 Å². The standard InChI is InChI=1S/3C10H11O2.3CH3.3Y/c1-3-12-10(11)9-6-4-8(2)5-7-9;1-3-12-10(11)9-6-4-5-8(2)7-9;1-3-12-10(11)9-7-5-4-6-8(9)2;;;;;;/h3*4-7H,2-3H2,1H3;3*1H3;;;/q6*-1;;;. The van der Waals surface area contributed by atoms with Crippen molar-refractivity contribution in [2.24, 2.45) is 0 Å². The van der Waals surface area contributed by atoms with E-state index in [1.807, 2.05) is 12.1 Å². The maximum atomic E-state index is 11.2. The number of hydrogen-bond acceptors (Lipinski definition) is 6. The number of benzene rings is 3. The summed E-state index contributed by atoms with van der Waals surface area (Å²) in [6.07, 6.45) is 0. The van der Waals surface area contributed by atoms with Crippen LogP contribution in [0.25, 0.3) is 0 Å². The largest absolute Gasteiger partial charge is 0.472 e. The second kappa shape index (κ2) is 31.4. The summed E-state index contributed by atoms with van der Waals surface area (Å²) >= 11 is 0. The van der Waals surface area contributed by atoms with Gasteiger partial charge in [-0.2, -0.15) is 61.7 Å². The van der Waals surface area contributed by atoms with E-state index in [4.69, 9.17) is 14.2 Å². The molecule has 0 heterocycles. The van der Waals surface area contributed by atoms with E-state index in [0.717, 1.165) is 11.1 Å². The van der Waals surface area contributed by atoms with E-state index in [-0.39, 0.29) is 138 Å². The zero-order valence-electron chi connectivity index (χ0n) is 25.9. The summed E-state index contributed by atoms with van der Waals surface area (Å²) in [5.41, 5.74) is 4.09. The average molecular weight is 801 g/mol. The summed E-state index contributed by atoms with van der Waals surface area (Å²) in [4.78, 5) is 33.5. The predicted octanol–water partition coefficient (Wildman–Crippen LogP) is 7.48. The summed E-state index contributed by atoms with van der Waals surface area (Å²) in [6.45, 7) is 17.7. The first-order valence-electron chi connectivity index (χ1n) is 11.5. The van der Waals surface area contributed by atoms with Crippen LogP contribution in [-0.2, 0) is 112 Å². The molecule has 0 amide bonds. The smallest absolute Gasteiger partial charge is 0.335 e. The van der Waals surface area contributed by atoms with Crippen LogP contribution in [0.3, 0.4) is 0 Å². The molecule has 0 aliphatic carbocycles. The van der Waals surface area contributed by atoms with Crippen molar-refractivity contribution in [2.45, 2.75) is 20.8 Å². The second-order valence-corrected chi connectivity index (χ2v) is 7.22. The van der Waals surface area contributed by atoms with Gasteiger partial charge in [-0.1, -0.05) is 12.1 Å². The molecule has 0 saturated heterocycles. The molecule has 3 aromatic rings. The van der Waals surface area contributed by atoms with Gasteiger partial charge in [-0.25, -0.2) is 9.59 Å². The van der Waals surface area contributed by atoms with Crippen molar-refractivity contribution in [1.29, 1.82) is 0 Å². The number of carbonyl (C=O) groups excluding carboxylic acids is 3. The molecule has 42 heavy (non-hydrogen) atoms. The van der Waals surface area contributed by atoms with Gasteiger partial charge < -0.3 is 36.5 Å². The van der Waals surface area contributed by atoms with Crippen LogP contribution in [0.15, 0.2) is 72.8 Å². The second-order valence-electron chi connectivity index (χ2n) is 7.22. The fourth-order valence-corrected chi connectivity index (χ4v) is 2.70. The van der Waals surface area contributed by atoms with Crippen molar-refractivity contribution >= 4 is 17.9 Å². The Bertz CT molecular complexity index is 1120. The maximum Gasteiger partial charge on any atom is 0.335 e. The Balaban J connectivity index is -0.000000108. The zero-order chi connectivity index (χ0) is 26.9. The maximum absolute atomic E-state index is 11.2. The van der Waals surface area contributed by atoms with Crippen molar-refractivity contribution in [2.75, 3.05) is 19.8 Å². The molecule has 6 nitrogen and oxygen atoms in total. The first-order valence-corrected chi connectivity index (χ1v) is 11.5. The Hall–Kier alpha value is -1.01. The molecule has 0 bridgehead atoms. The monoisotopic (exact) mass is 801 g/mol. The quantitative estimate of drug-likeness (QED) is 0.146. The molecule has 0 atom stereocenters. The Morgan fingerprint density at radius 3 is 1.45 bits per heavy atom. The van der Waals surface area contributed by atoms with E-state index >= 15 is 0 Å². The van der Waals surface area contributed by atoms with Gasteiger partial charge in [0.25, 0.3) is 5.97 Å². The molecule has 0 fully saturated rings. The van der Waals surface area contributed by atoms with Crippen molar-refractivity contribution in [3.63, 3.8) is 0 Å². The fraction of sp³-hybridized carbons (Fsp3) is 0.182. The molecule has 0 unspecified atom stereocenters. The molecule has 3 aromatic carbocycles. The first kappa shape index (κ1) is 53.5. The van der Waals surface area contributed by atoms with E-state index in [9.17, 15) is 14.4 Å². The summed E-state index contributed by atoms with van der Waals surface area (Å²) in [5.74, 6) is -0.872. The molecule has 0 N–H and O–H groups in total. The van der Waals surface area contributed by atoms with Crippen LogP contribution in [0, 0.1) is 43.1 Å². The van der Waals surface area contributed by atoms with Gasteiger partial charge in [-0.05, 0) is 26.3 Å². The van der Waals surface area contributed by atoms with Gasteiger partial charge in [0.1, 0.15) is 0 Å². The third-order valence-corrected chi connectivity index (χ3v) is 4.42. The van der Waals surface area contributed by atoms with Crippen LogP contribution in [0.2, 0.25) is 0 Å². The third-order valence-electron chi connectivity index (χ3n) is 4.42. The number of esters is 3. The molecule has 0 aromatic heterocycles. The van der Waals surface area contributed by atoms with E-state index in [1.165, 1.54) is 0 Å². The van der Waals surface area contributed by atoms with Gasteiger partial charge in [0.15, 0.2) is 0 Å². The van der Waals surface area contributed by atoms with Crippen molar-refractivity contribution in [3.05, 3.63) is 149 Å². The molecule has 0 spiro atoms. The summed E-state index contributed by atoms with van der Waals surface area (Å²) < 4.78 is 14.5. The van der Waals surface area contributed by atoms with Gasteiger partial charge in [0, 0.05) is 109 Å². The Labute approximate surface area is 330 Å². The molecular formula is C33H42O6Y3-6. The molecule has 3 radical (unpaired) electrons. The summed E-state index contributed by atoms with van der Waals surface area (Å²) in [6, 6.07) is 21.2. The Kier molecular flexibility index (Phi) is 40.1. The van der Waals surface area contributed by atoms with Crippen molar-refractivity contribution in [1.82, 2.24) is 0 Å². The van der Waals surface area contributed by atoms with E-state index in [2.05, 4.69) is 20.8 Å². The minimum absolute atomic E-state index is 0. The van der Waals surface area contributed by atoms with E-state index in [0.29, 0.717) is 42.1 Å². The number of carbonyl (C=O) groups is 3. The van der Waals surface area contributed by atoms with Crippen LogP contribution in [0.1, 0.15) is 68.5 Å². The van der Waals surface area contributed by atoms with Gasteiger partial charge in [0.2, 0.25) is 0 Å². The first-order chi connectivity index (χ1) is 17.2. The van der Waals surface area contributed by atoms with Crippen LogP contribution < -0.4 is 0 Å². The van der Waals surface area contributed by atoms with Crippen LogP contribution in [-0.4, -0.2) is 37.7 Å². The van der Waals surface area contributed by atoms with Gasteiger partial charge in [-0.3, -0.25) is 4.79 Å². The predicted molar refractivity (Wildman–Crippen MR) is 160 cm³/mol. The summed E-state index contributed by atoms with van der Waals surface area (Å²) in [5, 5.41) is 0. The fourth-order valence-electron chi connectivity index (χ4n) is 2.70. The van der Waals surface area contributed by atoms with Crippen LogP contribution in [0.5, 0.6) is 0 Å². The van der Waals surface area contributed by atoms with Crippen molar-refractivity contribution in [3.8, 4) is 0 Å². The van der Waals surface area contributed by atoms with Gasteiger partial charge in [0.05, 0.1) is 19.8 Å². The van der Waals surface area contributed by atoms with E-state index < -0.39 is 0 Å². The number of hydrogen-bond donors (Lipinski definition) is 0.